The van der Waals surface area contributed by atoms with Crippen molar-refractivity contribution >= 4 is 5.78 Å². The molecule has 0 atom stereocenters. The minimum absolute atomic E-state index is 0.0169. The molecule has 0 bridgehead atoms. The fraction of sp³-hybridized carbons (Fsp3) is 0.400. The van der Waals surface area contributed by atoms with Gasteiger partial charge in [-0.2, -0.15) is 0 Å². The third-order valence-corrected chi connectivity index (χ3v) is 6.59. The second-order valence-corrected chi connectivity index (χ2v) is 9.63. The van der Waals surface area contributed by atoms with E-state index in [1.807, 2.05) is 28.8 Å². The molecule has 2 aromatic heterocycles. The third kappa shape index (κ3) is 6.79. The minimum atomic E-state index is -0.255. The van der Waals surface area contributed by atoms with Gasteiger partial charge >= 0.3 is 0 Å². The number of benzene rings is 2. The molecule has 1 saturated carbocycles. The Morgan fingerprint density at radius 3 is 2.46 bits per heavy atom. The molecule has 194 valence electrons. The number of aryl methyl sites for hydroxylation is 1. The number of carbonyl (C=O) groups excluding carboxylic acids is 1. The van der Waals surface area contributed by atoms with Crippen LogP contribution in [0.25, 0.3) is 11.1 Å². The third-order valence-electron chi connectivity index (χ3n) is 6.59. The zero-order valence-electron chi connectivity index (χ0n) is 22.0. The first-order chi connectivity index (χ1) is 18.0. The SMILES string of the molecule is CC(=O)c1cncn1Cc1ccccc1-c1ccc(F)cc1.CCCCc1nnc(C2CC2)n1CCC. The van der Waals surface area contributed by atoms with Gasteiger partial charge in [0.2, 0.25) is 0 Å². The molecule has 7 heteroatoms. The summed E-state index contributed by atoms with van der Waals surface area (Å²) in [5.41, 5.74) is 3.59. The molecule has 0 saturated heterocycles. The maximum atomic E-state index is 13.1. The van der Waals surface area contributed by atoms with Crippen LogP contribution >= 0.6 is 0 Å². The highest BCUT2D eigenvalue weighted by Gasteiger charge is 2.29. The van der Waals surface area contributed by atoms with Gasteiger partial charge in [-0.1, -0.05) is 56.7 Å². The van der Waals surface area contributed by atoms with Crippen LogP contribution in [0.2, 0.25) is 0 Å². The zero-order chi connectivity index (χ0) is 26.2. The maximum absolute atomic E-state index is 13.1. The Morgan fingerprint density at radius 2 is 1.78 bits per heavy atom. The summed E-state index contributed by atoms with van der Waals surface area (Å²) in [6, 6.07) is 14.3. The van der Waals surface area contributed by atoms with Gasteiger partial charge in [-0.3, -0.25) is 4.79 Å². The Morgan fingerprint density at radius 1 is 1.03 bits per heavy atom. The van der Waals surface area contributed by atoms with E-state index in [0.29, 0.717) is 12.2 Å². The molecule has 0 radical (unpaired) electrons. The summed E-state index contributed by atoms with van der Waals surface area (Å²) in [4.78, 5) is 15.7. The molecule has 0 spiro atoms. The van der Waals surface area contributed by atoms with Crippen molar-refractivity contribution in [3.8, 4) is 11.1 Å². The molecule has 4 aromatic rings. The molecule has 1 aliphatic carbocycles. The van der Waals surface area contributed by atoms with Crippen molar-refractivity contribution in [2.24, 2.45) is 0 Å². The van der Waals surface area contributed by atoms with E-state index in [1.165, 1.54) is 62.8 Å². The predicted molar refractivity (Wildman–Crippen MR) is 144 cm³/mol. The first kappa shape index (κ1) is 26.5. The highest BCUT2D eigenvalue weighted by atomic mass is 19.1. The Balaban J connectivity index is 0.000000186. The van der Waals surface area contributed by atoms with Crippen LogP contribution in [0.4, 0.5) is 4.39 Å². The van der Waals surface area contributed by atoms with Crippen molar-refractivity contribution in [2.75, 3.05) is 0 Å². The van der Waals surface area contributed by atoms with Crippen LogP contribution in [0, 0.1) is 5.82 Å². The van der Waals surface area contributed by atoms with E-state index >= 15 is 0 Å². The molecular formula is C30H36FN5O. The number of ketones is 1. The van der Waals surface area contributed by atoms with Crippen LogP contribution in [0.5, 0.6) is 0 Å². The monoisotopic (exact) mass is 501 g/mol. The highest BCUT2D eigenvalue weighted by molar-refractivity contribution is 5.92. The van der Waals surface area contributed by atoms with E-state index < -0.39 is 0 Å². The van der Waals surface area contributed by atoms with E-state index in [0.717, 1.165) is 35.6 Å². The molecule has 5 rings (SSSR count). The largest absolute Gasteiger partial charge is 0.324 e. The molecule has 2 heterocycles. The lowest BCUT2D eigenvalue weighted by Gasteiger charge is -2.12. The highest BCUT2D eigenvalue weighted by Crippen LogP contribution is 2.39. The van der Waals surface area contributed by atoms with Crippen LogP contribution < -0.4 is 0 Å². The van der Waals surface area contributed by atoms with Gasteiger partial charge in [0.15, 0.2) is 5.78 Å². The summed E-state index contributed by atoms with van der Waals surface area (Å²) >= 11 is 0. The number of Topliss-reactive ketones (excluding diaryl/α,β-unsaturated/α-hetero) is 1. The second-order valence-electron chi connectivity index (χ2n) is 9.63. The number of carbonyl (C=O) groups is 1. The average molecular weight is 502 g/mol. The topological polar surface area (TPSA) is 65.6 Å². The van der Waals surface area contributed by atoms with Gasteiger partial charge in [-0.15, -0.1) is 10.2 Å². The van der Waals surface area contributed by atoms with E-state index in [2.05, 4.69) is 33.6 Å². The summed E-state index contributed by atoms with van der Waals surface area (Å²) in [6.07, 6.45) is 10.6. The van der Waals surface area contributed by atoms with E-state index in [4.69, 9.17) is 0 Å². The van der Waals surface area contributed by atoms with Gasteiger partial charge in [-0.05, 0) is 54.5 Å². The molecule has 0 amide bonds. The smallest absolute Gasteiger partial charge is 0.177 e. The number of hydrogen-bond donors (Lipinski definition) is 0. The summed E-state index contributed by atoms with van der Waals surface area (Å²) < 4.78 is 17.3. The van der Waals surface area contributed by atoms with Gasteiger partial charge in [0.1, 0.15) is 23.2 Å². The van der Waals surface area contributed by atoms with E-state index in [1.54, 1.807) is 24.7 Å². The lowest BCUT2D eigenvalue weighted by Crippen LogP contribution is -2.07. The fourth-order valence-electron chi connectivity index (χ4n) is 4.47. The number of rotatable bonds is 10. The van der Waals surface area contributed by atoms with Crippen molar-refractivity contribution in [3.63, 3.8) is 0 Å². The van der Waals surface area contributed by atoms with Crippen molar-refractivity contribution in [2.45, 2.75) is 78.3 Å². The Hall–Kier alpha value is -3.61. The number of hydrogen-bond acceptors (Lipinski definition) is 4. The predicted octanol–water partition coefficient (Wildman–Crippen LogP) is 6.85. The number of nitrogens with zero attached hydrogens (tertiary/aromatic N) is 5. The molecule has 2 aromatic carbocycles. The van der Waals surface area contributed by atoms with E-state index in [9.17, 15) is 9.18 Å². The molecular weight excluding hydrogens is 465 g/mol. The normalized spacial score (nSPS) is 12.8. The van der Waals surface area contributed by atoms with Crippen molar-refractivity contribution in [1.29, 1.82) is 0 Å². The Labute approximate surface area is 218 Å². The molecule has 0 N–H and O–H groups in total. The summed E-state index contributed by atoms with van der Waals surface area (Å²) in [5.74, 6) is 2.91. The van der Waals surface area contributed by atoms with Crippen LogP contribution in [0.15, 0.2) is 61.1 Å². The molecule has 1 fully saturated rings. The molecule has 6 nitrogen and oxygen atoms in total. The zero-order valence-corrected chi connectivity index (χ0v) is 22.0. The summed E-state index contributed by atoms with van der Waals surface area (Å²) in [5, 5.41) is 8.71. The van der Waals surface area contributed by atoms with Crippen molar-refractivity contribution in [1.82, 2.24) is 24.3 Å². The summed E-state index contributed by atoms with van der Waals surface area (Å²) in [6.45, 7) is 7.61. The maximum Gasteiger partial charge on any atom is 0.177 e. The Kier molecular flexibility index (Phi) is 8.99. The van der Waals surface area contributed by atoms with Gasteiger partial charge in [0, 0.05) is 32.4 Å². The number of halogens is 1. The van der Waals surface area contributed by atoms with Gasteiger partial charge < -0.3 is 9.13 Å². The number of unbranched alkanes of at least 4 members (excludes halogenated alkanes) is 1. The van der Waals surface area contributed by atoms with Crippen LogP contribution in [-0.2, 0) is 19.5 Å². The fourth-order valence-corrected chi connectivity index (χ4v) is 4.47. The molecule has 1 aliphatic rings. The average Bonchev–Trinajstić information content (AvgIpc) is 3.50. The second kappa shape index (κ2) is 12.6. The van der Waals surface area contributed by atoms with Crippen LogP contribution in [-0.4, -0.2) is 30.1 Å². The minimum Gasteiger partial charge on any atom is -0.324 e. The van der Waals surface area contributed by atoms with Gasteiger partial charge in [0.25, 0.3) is 0 Å². The number of imidazole rings is 1. The summed E-state index contributed by atoms with van der Waals surface area (Å²) in [7, 11) is 0. The number of aromatic nitrogens is 5. The lowest BCUT2D eigenvalue weighted by molar-refractivity contribution is 0.100. The van der Waals surface area contributed by atoms with Crippen molar-refractivity contribution < 1.29 is 9.18 Å². The van der Waals surface area contributed by atoms with Gasteiger partial charge in [-0.25, -0.2) is 9.37 Å². The van der Waals surface area contributed by atoms with E-state index in [-0.39, 0.29) is 11.6 Å². The van der Waals surface area contributed by atoms with Crippen LogP contribution in [0.1, 0.15) is 86.5 Å². The van der Waals surface area contributed by atoms with Crippen molar-refractivity contribution in [3.05, 3.63) is 89.8 Å². The van der Waals surface area contributed by atoms with Crippen LogP contribution in [0.3, 0.4) is 0 Å². The van der Waals surface area contributed by atoms with Gasteiger partial charge in [0.05, 0.1) is 12.5 Å². The first-order valence-corrected chi connectivity index (χ1v) is 13.3. The standard InChI is InChI=1S/C18H15FN2O.C12H21N3/c1-13(22)18-10-20-12-21(18)11-15-4-2-3-5-17(15)14-6-8-16(19)9-7-14;1-3-5-6-11-13-14-12(10-7-8-10)15(11)9-4-2/h2-10,12H,11H2,1H3;10H,3-9H2,1-2H3. The Bertz CT molecular complexity index is 1300. The lowest BCUT2D eigenvalue weighted by atomic mass is 9.99. The molecule has 0 aliphatic heterocycles. The molecule has 0 unspecified atom stereocenters. The first-order valence-electron chi connectivity index (χ1n) is 13.3. The quantitative estimate of drug-likeness (QED) is 0.223. The molecule has 37 heavy (non-hydrogen) atoms.